The van der Waals surface area contributed by atoms with E-state index in [2.05, 4.69) is 9.84 Å². The largest absolute Gasteiger partial charge is 0.469 e. The summed E-state index contributed by atoms with van der Waals surface area (Å²) < 4.78 is 21.9. The van der Waals surface area contributed by atoms with Gasteiger partial charge in [0.1, 0.15) is 12.2 Å². The van der Waals surface area contributed by atoms with Gasteiger partial charge in [-0.25, -0.2) is 4.57 Å². The average Bonchev–Trinajstić information content (AvgIpc) is 3.06. The minimum atomic E-state index is -4.67. The summed E-state index contributed by atoms with van der Waals surface area (Å²) in [5.41, 5.74) is -1.61. The van der Waals surface area contributed by atoms with Crippen LogP contribution in [0.15, 0.2) is 12.2 Å². The van der Waals surface area contributed by atoms with Crippen LogP contribution in [0.4, 0.5) is 0 Å². The Morgan fingerprint density at radius 1 is 0.972 bits per heavy atom. The molecule has 11 heteroatoms. The normalized spacial score (nSPS) is 41.4. The third kappa shape index (κ3) is 5.96. The summed E-state index contributed by atoms with van der Waals surface area (Å²) in [6.45, 7) is -0.332. The molecule has 36 heavy (non-hydrogen) atoms. The molecule has 1 spiro atoms. The molecule has 4 rings (SSSR count). The summed E-state index contributed by atoms with van der Waals surface area (Å²) in [5.74, 6) is -0.599. The zero-order valence-corrected chi connectivity index (χ0v) is 21.6. The van der Waals surface area contributed by atoms with E-state index in [0.29, 0.717) is 25.7 Å². The van der Waals surface area contributed by atoms with Crippen LogP contribution in [0.25, 0.3) is 0 Å². The summed E-state index contributed by atoms with van der Waals surface area (Å²) >= 11 is 0. The van der Waals surface area contributed by atoms with Crippen LogP contribution in [0.1, 0.15) is 83.5 Å². The van der Waals surface area contributed by atoms with Crippen molar-refractivity contribution in [2.24, 2.45) is 11.3 Å². The summed E-state index contributed by atoms with van der Waals surface area (Å²) in [6.07, 6.45) is 8.72. The number of Topliss-reactive ketones (excluding diaryl/α,β-unsaturated/α-hetero) is 1. The molecule has 0 aromatic carbocycles. The molecular weight excluding hydrogens is 489 g/mol. The SMILES string of the molecule is O=C1/C=C\C2CC(=O)C3(CCCCCCCCCC2(C2OC(CCOP(=O)(O)O)C(O)C2O)CC3)N1. The van der Waals surface area contributed by atoms with Crippen molar-refractivity contribution in [2.45, 2.75) is 113 Å². The predicted molar refractivity (Wildman–Crippen MR) is 130 cm³/mol. The molecule has 7 unspecified atom stereocenters. The molecule has 1 saturated heterocycles. The minimum absolute atomic E-state index is 0.000663. The van der Waals surface area contributed by atoms with Crippen LogP contribution in [-0.2, 0) is 23.4 Å². The summed E-state index contributed by atoms with van der Waals surface area (Å²) in [6, 6.07) is 0. The number of hydrogen-bond acceptors (Lipinski definition) is 7. The number of phosphoric ester groups is 1. The molecule has 3 fully saturated rings. The maximum absolute atomic E-state index is 13.7. The molecule has 204 valence electrons. The highest BCUT2D eigenvalue weighted by molar-refractivity contribution is 7.46. The molecule has 2 aliphatic heterocycles. The number of carbonyl (C=O) groups excluding carboxylic acids is 2. The van der Waals surface area contributed by atoms with E-state index in [1.165, 1.54) is 6.08 Å². The van der Waals surface area contributed by atoms with Gasteiger partial charge in [0.05, 0.1) is 24.4 Å². The Hall–Kier alpha value is -1.13. The third-order valence-electron chi connectivity index (χ3n) is 8.87. The number of nitrogens with one attached hydrogen (secondary N) is 1. The molecule has 0 aromatic heterocycles. The number of aliphatic hydroxyl groups is 2. The van der Waals surface area contributed by atoms with E-state index in [1.54, 1.807) is 6.08 Å². The first-order valence-corrected chi connectivity index (χ1v) is 14.8. The van der Waals surface area contributed by atoms with Gasteiger partial charge in [0.2, 0.25) is 5.91 Å². The molecule has 2 saturated carbocycles. The van der Waals surface area contributed by atoms with Crippen molar-refractivity contribution in [1.82, 2.24) is 5.32 Å². The van der Waals surface area contributed by atoms with Gasteiger partial charge in [-0.3, -0.25) is 14.1 Å². The van der Waals surface area contributed by atoms with E-state index in [4.69, 9.17) is 14.5 Å². The van der Waals surface area contributed by atoms with E-state index in [1.807, 2.05) is 0 Å². The van der Waals surface area contributed by atoms with Gasteiger partial charge in [-0.05, 0) is 37.7 Å². The second-order valence-electron chi connectivity index (χ2n) is 11.1. The van der Waals surface area contributed by atoms with Crippen LogP contribution < -0.4 is 5.32 Å². The third-order valence-corrected chi connectivity index (χ3v) is 9.39. The standard InChI is InChI=1S/C25H40NO9P/c27-19-16-17-8-9-20(28)26-25(19)12-7-5-3-1-2-4-6-11-24(17,13-14-25)23-22(30)21(29)18(35-23)10-15-34-36(31,32)33/h8-9,17-18,21-23,29-30H,1-7,10-16H2,(H,26,28)(H2,31,32,33)/b9-8-. The van der Waals surface area contributed by atoms with Crippen molar-refractivity contribution in [1.29, 1.82) is 0 Å². The van der Waals surface area contributed by atoms with Crippen molar-refractivity contribution in [3.63, 3.8) is 0 Å². The molecule has 2 aliphatic carbocycles. The Morgan fingerprint density at radius 3 is 2.33 bits per heavy atom. The van der Waals surface area contributed by atoms with Gasteiger partial charge in [0.25, 0.3) is 0 Å². The number of allylic oxidation sites excluding steroid dienone is 1. The highest BCUT2D eigenvalue weighted by Gasteiger charge is 2.59. The number of ketones is 1. The topological polar surface area (TPSA) is 163 Å². The van der Waals surface area contributed by atoms with Crippen LogP contribution in [0.5, 0.6) is 0 Å². The molecule has 0 aromatic rings. The lowest BCUT2D eigenvalue weighted by Gasteiger charge is -2.44. The molecule has 5 N–H and O–H groups in total. The van der Waals surface area contributed by atoms with Crippen LogP contribution in [-0.4, -0.2) is 68.3 Å². The predicted octanol–water partition coefficient (Wildman–Crippen LogP) is 2.28. The summed E-state index contributed by atoms with van der Waals surface area (Å²) in [5, 5.41) is 25.1. The number of rotatable bonds is 5. The number of carbonyl (C=O) groups is 2. The minimum Gasteiger partial charge on any atom is -0.388 e. The van der Waals surface area contributed by atoms with Crippen molar-refractivity contribution in [2.75, 3.05) is 6.61 Å². The fourth-order valence-corrected chi connectivity index (χ4v) is 7.23. The monoisotopic (exact) mass is 529 g/mol. The average molecular weight is 530 g/mol. The van der Waals surface area contributed by atoms with E-state index >= 15 is 0 Å². The van der Waals surface area contributed by atoms with Crippen LogP contribution in [0, 0.1) is 11.3 Å². The number of aliphatic hydroxyl groups excluding tert-OH is 2. The van der Waals surface area contributed by atoms with Crippen molar-refractivity contribution >= 4 is 19.5 Å². The van der Waals surface area contributed by atoms with Gasteiger partial charge < -0.3 is 30.1 Å². The lowest BCUT2D eigenvalue weighted by Crippen LogP contribution is -2.54. The Bertz CT molecular complexity index is 891. The van der Waals surface area contributed by atoms with E-state index in [9.17, 15) is 24.4 Å². The summed E-state index contributed by atoms with van der Waals surface area (Å²) in [4.78, 5) is 44.4. The van der Waals surface area contributed by atoms with E-state index in [0.717, 1.165) is 44.9 Å². The van der Waals surface area contributed by atoms with Gasteiger partial charge in [-0.2, -0.15) is 0 Å². The fourth-order valence-electron chi connectivity index (χ4n) is 6.89. The highest BCUT2D eigenvalue weighted by Crippen LogP contribution is 2.54. The molecular formula is C25H40NO9P. The van der Waals surface area contributed by atoms with Crippen molar-refractivity contribution < 1.29 is 43.4 Å². The van der Waals surface area contributed by atoms with Crippen LogP contribution in [0.2, 0.25) is 0 Å². The molecule has 4 aliphatic rings. The van der Waals surface area contributed by atoms with Gasteiger partial charge in [0, 0.05) is 18.3 Å². The number of phosphoric acid groups is 1. The van der Waals surface area contributed by atoms with Crippen molar-refractivity contribution in [3.8, 4) is 0 Å². The van der Waals surface area contributed by atoms with Gasteiger partial charge in [-0.1, -0.05) is 51.0 Å². The Morgan fingerprint density at radius 2 is 1.64 bits per heavy atom. The molecule has 10 nitrogen and oxygen atoms in total. The molecule has 1 amide bonds. The quantitative estimate of drug-likeness (QED) is 0.336. The van der Waals surface area contributed by atoms with Gasteiger partial charge in [0.15, 0.2) is 5.78 Å². The summed E-state index contributed by atoms with van der Waals surface area (Å²) in [7, 11) is -4.67. The Kier molecular flexibility index (Phi) is 8.77. The number of amides is 1. The first kappa shape index (κ1) is 27.9. The maximum atomic E-state index is 13.7. The lowest BCUT2D eigenvalue weighted by molar-refractivity contribution is -0.132. The Balaban J connectivity index is 1.67. The first-order valence-electron chi connectivity index (χ1n) is 13.3. The van der Waals surface area contributed by atoms with Gasteiger partial charge in [-0.15, -0.1) is 0 Å². The van der Waals surface area contributed by atoms with Crippen LogP contribution in [0.3, 0.4) is 0 Å². The molecule has 2 heterocycles. The first-order chi connectivity index (χ1) is 17.1. The maximum Gasteiger partial charge on any atom is 0.469 e. The van der Waals surface area contributed by atoms with Crippen LogP contribution >= 0.6 is 7.82 Å². The second kappa shape index (κ2) is 11.3. The van der Waals surface area contributed by atoms with E-state index < -0.39 is 43.2 Å². The second-order valence-corrected chi connectivity index (χ2v) is 12.3. The zero-order valence-electron chi connectivity index (χ0n) is 20.7. The smallest absolute Gasteiger partial charge is 0.388 e. The van der Waals surface area contributed by atoms with E-state index in [-0.39, 0.29) is 37.1 Å². The Labute approximate surface area is 212 Å². The van der Waals surface area contributed by atoms with Gasteiger partial charge >= 0.3 is 7.82 Å². The highest BCUT2D eigenvalue weighted by atomic mass is 31.2. The van der Waals surface area contributed by atoms with Crippen molar-refractivity contribution in [3.05, 3.63) is 12.2 Å². The zero-order chi connectivity index (χ0) is 26.0. The molecule has 7 atom stereocenters. The molecule has 3 bridgehead atoms. The number of ether oxygens (including phenoxy) is 1. The fraction of sp³-hybridized carbons (Fsp3) is 0.840. The number of fused-ring (bicyclic) bond motifs is 5. The molecule has 0 radical (unpaired) electrons. The number of hydrogen-bond donors (Lipinski definition) is 5. The lowest BCUT2D eigenvalue weighted by atomic mass is 9.63.